The van der Waals surface area contributed by atoms with Gasteiger partial charge in [0.15, 0.2) is 0 Å². The number of anilines is 1. The molecule has 0 spiro atoms. The maximum absolute atomic E-state index is 5.96. The Kier molecular flexibility index (Phi) is 2.65. The summed E-state index contributed by atoms with van der Waals surface area (Å²) in [7, 11) is 0. The Hall–Kier alpha value is -1.83. The van der Waals surface area contributed by atoms with E-state index in [9.17, 15) is 0 Å². The van der Waals surface area contributed by atoms with E-state index in [0.29, 0.717) is 5.82 Å². The number of pyridine rings is 1. The van der Waals surface area contributed by atoms with Crippen molar-refractivity contribution in [2.75, 3.05) is 5.73 Å². The summed E-state index contributed by atoms with van der Waals surface area (Å²) in [5, 5.41) is 0. The van der Waals surface area contributed by atoms with E-state index in [1.165, 1.54) is 22.3 Å². The fourth-order valence-electron chi connectivity index (χ4n) is 1.93. The van der Waals surface area contributed by atoms with Gasteiger partial charge in [0.05, 0.1) is 0 Å². The van der Waals surface area contributed by atoms with Gasteiger partial charge in [-0.1, -0.05) is 23.8 Å². The Labute approximate surface area is 96.1 Å². The van der Waals surface area contributed by atoms with Crippen LogP contribution in [-0.4, -0.2) is 4.98 Å². The van der Waals surface area contributed by atoms with Crippen molar-refractivity contribution >= 4 is 5.82 Å². The van der Waals surface area contributed by atoms with Gasteiger partial charge in [0, 0.05) is 11.8 Å². The van der Waals surface area contributed by atoms with Gasteiger partial charge >= 0.3 is 0 Å². The molecule has 0 atom stereocenters. The van der Waals surface area contributed by atoms with Crippen LogP contribution in [0.25, 0.3) is 11.1 Å². The first-order valence-corrected chi connectivity index (χ1v) is 5.38. The molecule has 82 valence electrons. The van der Waals surface area contributed by atoms with Crippen LogP contribution in [0.2, 0.25) is 0 Å². The zero-order valence-corrected chi connectivity index (χ0v) is 9.91. The summed E-state index contributed by atoms with van der Waals surface area (Å²) in [6.07, 6.45) is 1.75. The molecule has 0 bridgehead atoms. The molecule has 16 heavy (non-hydrogen) atoms. The number of nitrogens with two attached hydrogens (primary N) is 1. The quantitative estimate of drug-likeness (QED) is 0.788. The molecule has 2 nitrogen and oxygen atoms in total. The van der Waals surface area contributed by atoms with Crippen molar-refractivity contribution in [2.45, 2.75) is 20.8 Å². The average molecular weight is 212 g/mol. The highest BCUT2D eigenvalue weighted by molar-refractivity contribution is 5.79. The third-order valence-electron chi connectivity index (χ3n) is 2.85. The highest BCUT2D eigenvalue weighted by Crippen LogP contribution is 2.30. The van der Waals surface area contributed by atoms with E-state index in [1.807, 2.05) is 6.07 Å². The first-order valence-electron chi connectivity index (χ1n) is 5.38. The van der Waals surface area contributed by atoms with Gasteiger partial charge in [-0.3, -0.25) is 0 Å². The lowest BCUT2D eigenvalue weighted by Gasteiger charge is -2.12. The summed E-state index contributed by atoms with van der Waals surface area (Å²) < 4.78 is 0. The molecule has 1 aromatic heterocycles. The first-order chi connectivity index (χ1) is 7.59. The molecule has 1 aromatic carbocycles. The van der Waals surface area contributed by atoms with E-state index in [2.05, 4.69) is 44.0 Å². The van der Waals surface area contributed by atoms with Crippen LogP contribution in [0.3, 0.4) is 0 Å². The predicted molar refractivity (Wildman–Crippen MR) is 68.3 cm³/mol. The van der Waals surface area contributed by atoms with Crippen LogP contribution >= 0.6 is 0 Å². The molecule has 0 amide bonds. The van der Waals surface area contributed by atoms with Gasteiger partial charge in [0.1, 0.15) is 5.82 Å². The topological polar surface area (TPSA) is 38.9 Å². The highest BCUT2D eigenvalue weighted by atomic mass is 14.8. The van der Waals surface area contributed by atoms with Crippen molar-refractivity contribution in [3.8, 4) is 11.1 Å². The van der Waals surface area contributed by atoms with Gasteiger partial charge in [-0.05, 0) is 43.5 Å². The van der Waals surface area contributed by atoms with Gasteiger partial charge in [-0.2, -0.15) is 0 Å². The minimum Gasteiger partial charge on any atom is -0.383 e. The first kappa shape index (κ1) is 10.7. The smallest absolute Gasteiger partial charge is 0.131 e. The molecule has 0 aliphatic heterocycles. The van der Waals surface area contributed by atoms with Crippen LogP contribution in [0.4, 0.5) is 5.82 Å². The molecule has 2 heteroatoms. The van der Waals surface area contributed by atoms with E-state index >= 15 is 0 Å². The van der Waals surface area contributed by atoms with E-state index in [0.717, 1.165) is 5.56 Å². The van der Waals surface area contributed by atoms with E-state index in [4.69, 9.17) is 5.73 Å². The molecule has 0 aliphatic rings. The highest BCUT2D eigenvalue weighted by Gasteiger charge is 2.09. The number of aryl methyl sites for hydroxylation is 3. The third kappa shape index (κ3) is 1.78. The Morgan fingerprint density at radius 1 is 1.00 bits per heavy atom. The van der Waals surface area contributed by atoms with Gasteiger partial charge in [0.25, 0.3) is 0 Å². The van der Waals surface area contributed by atoms with Gasteiger partial charge in [0.2, 0.25) is 0 Å². The lowest BCUT2D eigenvalue weighted by Crippen LogP contribution is -1.97. The SMILES string of the molecule is Cc1ccc(C)c(-c2c(C)ccnc2N)c1. The van der Waals surface area contributed by atoms with Crippen LogP contribution in [0, 0.1) is 20.8 Å². The van der Waals surface area contributed by atoms with Gasteiger partial charge < -0.3 is 5.73 Å². The zero-order chi connectivity index (χ0) is 11.7. The molecular weight excluding hydrogens is 196 g/mol. The molecular formula is C14H16N2. The Morgan fingerprint density at radius 2 is 1.75 bits per heavy atom. The zero-order valence-electron chi connectivity index (χ0n) is 9.91. The van der Waals surface area contributed by atoms with Crippen molar-refractivity contribution in [2.24, 2.45) is 0 Å². The van der Waals surface area contributed by atoms with E-state index in [1.54, 1.807) is 6.20 Å². The second-order valence-corrected chi connectivity index (χ2v) is 4.21. The van der Waals surface area contributed by atoms with E-state index in [-0.39, 0.29) is 0 Å². The summed E-state index contributed by atoms with van der Waals surface area (Å²) >= 11 is 0. The standard InChI is InChI=1S/C14H16N2/c1-9-4-5-10(2)12(8-9)13-11(3)6-7-16-14(13)15/h4-8H,1-3H3,(H2,15,16). The molecule has 0 unspecified atom stereocenters. The fraction of sp³-hybridized carbons (Fsp3) is 0.214. The van der Waals surface area contributed by atoms with Crippen molar-refractivity contribution < 1.29 is 0 Å². The molecule has 0 saturated heterocycles. The molecule has 0 radical (unpaired) electrons. The number of nitrogens with zero attached hydrogens (tertiary/aromatic N) is 1. The van der Waals surface area contributed by atoms with Crippen molar-refractivity contribution in [3.63, 3.8) is 0 Å². The second-order valence-electron chi connectivity index (χ2n) is 4.21. The molecule has 0 aliphatic carbocycles. The maximum atomic E-state index is 5.96. The second kappa shape index (κ2) is 3.97. The largest absolute Gasteiger partial charge is 0.383 e. The summed E-state index contributed by atoms with van der Waals surface area (Å²) in [6, 6.07) is 8.39. The summed E-state index contributed by atoms with van der Waals surface area (Å²) in [5.41, 5.74) is 11.8. The van der Waals surface area contributed by atoms with Crippen molar-refractivity contribution in [1.29, 1.82) is 0 Å². The lowest BCUT2D eigenvalue weighted by molar-refractivity contribution is 1.28. The Bertz CT molecular complexity index is 510. The minimum absolute atomic E-state index is 0.605. The number of hydrogen-bond donors (Lipinski definition) is 1. The Morgan fingerprint density at radius 3 is 2.44 bits per heavy atom. The Balaban J connectivity index is 2.72. The number of rotatable bonds is 1. The molecule has 2 rings (SSSR count). The van der Waals surface area contributed by atoms with Gasteiger partial charge in [-0.25, -0.2) is 4.98 Å². The third-order valence-corrected chi connectivity index (χ3v) is 2.85. The monoisotopic (exact) mass is 212 g/mol. The minimum atomic E-state index is 0.605. The van der Waals surface area contributed by atoms with Crippen LogP contribution in [0.15, 0.2) is 30.5 Å². The molecule has 2 aromatic rings. The predicted octanol–water partition coefficient (Wildman–Crippen LogP) is 3.26. The maximum Gasteiger partial charge on any atom is 0.131 e. The summed E-state index contributed by atoms with van der Waals surface area (Å²) in [4.78, 5) is 4.16. The fourth-order valence-corrected chi connectivity index (χ4v) is 1.93. The molecule has 0 fully saturated rings. The lowest BCUT2D eigenvalue weighted by atomic mass is 9.96. The molecule has 1 heterocycles. The number of benzene rings is 1. The van der Waals surface area contributed by atoms with Crippen molar-refractivity contribution in [3.05, 3.63) is 47.2 Å². The van der Waals surface area contributed by atoms with Gasteiger partial charge in [-0.15, -0.1) is 0 Å². The summed E-state index contributed by atoms with van der Waals surface area (Å²) in [5.74, 6) is 0.605. The molecule has 2 N–H and O–H groups in total. The number of hydrogen-bond acceptors (Lipinski definition) is 2. The van der Waals surface area contributed by atoms with Crippen LogP contribution < -0.4 is 5.73 Å². The average Bonchev–Trinajstić information content (AvgIpc) is 2.23. The summed E-state index contributed by atoms with van der Waals surface area (Å²) in [6.45, 7) is 6.25. The number of aromatic nitrogens is 1. The number of nitrogen functional groups attached to an aromatic ring is 1. The van der Waals surface area contributed by atoms with Crippen LogP contribution in [-0.2, 0) is 0 Å². The molecule has 0 saturated carbocycles. The normalized spacial score (nSPS) is 10.4. The van der Waals surface area contributed by atoms with Crippen LogP contribution in [0.5, 0.6) is 0 Å². The van der Waals surface area contributed by atoms with Crippen molar-refractivity contribution in [1.82, 2.24) is 4.98 Å². The van der Waals surface area contributed by atoms with Crippen LogP contribution in [0.1, 0.15) is 16.7 Å². The van der Waals surface area contributed by atoms with E-state index < -0.39 is 0 Å².